The zero-order valence-electron chi connectivity index (χ0n) is 11.6. The van der Waals surface area contributed by atoms with Crippen LogP contribution in [0.5, 0.6) is 5.75 Å². The third kappa shape index (κ3) is 2.81. The molecule has 0 aliphatic carbocycles. The molecule has 0 aliphatic heterocycles. The van der Waals surface area contributed by atoms with Gasteiger partial charge in [0, 0.05) is 0 Å². The van der Waals surface area contributed by atoms with E-state index in [-0.39, 0.29) is 11.3 Å². The van der Waals surface area contributed by atoms with Crippen LogP contribution in [0.2, 0.25) is 0 Å². The Bertz CT molecular complexity index is 619. The van der Waals surface area contributed by atoms with E-state index < -0.39 is 5.91 Å². The van der Waals surface area contributed by atoms with E-state index in [0.29, 0.717) is 5.92 Å². The molecule has 2 aromatic rings. The number of rotatable bonds is 3. The SMILES string of the molecule is CC(C)c1ccc(-c2ccc(O)c(C(=O)NN)c2)cc1. The van der Waals surface area contributed by atoms with E-state index in [9.17, 15) is 9.90 Å². The predicted octanol–water partition coefficient (Wildman–Crippen LogP) is 2.79. The summed E-state index contributed by atoms with van der Waals surface area (Å²) < 4.78 is 0. The van der Waals surface area contributed by atoms with Gasteiger partial charge in [-0.05, 0) is 34.7 Å². The molecule has 0 bridgehead atoms. The van der Waals surface area contributed by atoms with E-state index >= 15 is 0 Å². The van der Waals surface area contributed by atoms with Crippen LogP contribution in [-0.2, 0) is 0 Å². The van der Waals surface area contributed by atoms with Gasteiger partial charge in [-0.2, -0.15) is 0 Å². The molecule has 0 radical (unpaired) electrons. The molecule has 0 aromatic heterocycles. The smallest absolute Gasteiger partial charge is 0.268 e. The van der Waals surface area contributed by atoms with Gasteiger partial charge in [0.05, 0.1) is 5.56 Å². The predicted molar refractivity (Wildman–Crippen MR) is 79.3 cm³/mol. The Labute approximate surface area is 118 Å². The van der Waals surface area contributed by atoms with Gasteiger partial charge in [-0.1, -0.05) is 44.2 Å². The van der Waals surface area contributed by atoms with Crippen LogP contribution in [0.15, 0.2) is 42.5 Å². The Morgan fingerprint density at radius 1 is 1.10 bits per heavy atom. The number of carbonyl (C=O) groups is 1. The number of hydrogen-bond acceptors (Lipinski definition) is 3. The van der Waals surface area contributed by atoms with E-state index in [2.05, 4.69) is 26.0 Å². The molecule has 0 unspecified atom stereocenters. The van der Waals surface area contributed by atoms with Crippen LogP contribution in [0.25, 0.3) is 11.1 Å². The van der Waals surface area contributed by atoms with Crippen molar-refractivity contribution < 1.29 is 9.90 Å². The zero-order valence-corrected chi connectivity index (χ0v) is 11.6. The van der Waals surface area contributed by atoms with E-state index in [1.165, 1.54) is 11.6 Å². The minimum atomic E-state index is -0.511. The lowest BCUT2D eigenvalue weighted by molar-refractivity contribution is 0.0951. The number of benzene rings is 2. The average molecular weight is 270 g/mol. The molecule has 4 N–H and O–H groups in total. The summed E-state index contributed by atoms with van der Waals surface area (Å²) in [5, 5.41) is 9.68. The lowest BCUT2D eigenvalue weighted by Gasteiger charge is -2.09. The fourth-order valence-electron chi connectivity index (χ4n) is 2.04. The van der Waals surface area contributed by atoms with Crippen molar-refractivity contribution in [2.45, 2.75) is 19.8 Å². The van der Waals surface area contributed by atoms with E-state index in [4.69, 9.17) is 5.84 Å². The van der Waals surface area contributed by atoms with Gasteiger partial charge >= 0.3 is 0 Å². The Morgan fingerprint density at radius 3 is 2.25 bits per heavy atom. The van der Waals surface area contributed by atoms with E-state index in [1.807, 2.05) is 17.6 Å². The summed E-state index contributed by atoms with van der Waals surface area (Å²) >= 11 is 0. The molecule has 2 rings (SSSR count). The van der Waals surface area contributed by atoms with Crippen molar-refractivity contribution in [1.29, 1.82) is 0 Å². The number of nitrogens with two attached hydrogens (primary N) is 1. The Hall–Kier alpha value is -2.33. The molecular weight excluding hydrogens is 252 g/mol. The number of hydrazine groups is 1. The van der Waals surface area contributed by atoms with Crippen molar-refractivity contribution >= 4 is 5.91 Å². The maximum Gasteiger partial charge on any atom is 0.268 e. The summed E-state index contributed by atoms with van der Waals surface area (Å²) in [7, 11) is 0. The molecule has 0 saturated carbocycles. The number of phenolic OH excluding ortho intramolecular Hbond substituents is 1. The van der Waals surface area contributed by atoms with Crippen molar-refractivity contribution in [2.24, 2.45) is 5.84 Å². The molecule has 0 aliphatic rings. The van der Waals surface area contributed by atoms with Crippen LogP contribution in [0, 0.1) is 0 Å². The second-order valence-electron chi connectivity index (χ2n) is 4.98. The molecule has 0 atom stereocenters. The molecule has 0 spiro atoms. The fourth-order valence-corrected chi connectivity index (χ4v) is 2.04. The van der Waals surface area contributed by atoms with Gasteiger partial charge in [-0.25, -0.2) is 5.84 Å². The fraction of sp³-hybridized carbons (Fsp3) is 0.188. The van der Waals surface area contributed by atoms with Crippen molar-refractivity contribution in [3.05, 3.63) is 53.6 Å². The number of nitrogens with one attached hydrogen (secondary N) is 1. The first kappa shape index (κ1) is 14.1. The first-order valence-corrected chi connectivity index (χ1v) is 6.47. The molecule has 1 amide bonds. The third-order valence-electron chi connectivity index (χ3n) is 3.28. The molecule has 104 valence electrons. The van der Waals surface area contributed by atoms with Crippen molar-refractivity contribution in [3.63, 3.8) is 0 Å². The number of nitrogen functional groups attached to an aromatic ring is 1. The van der Waals surface area contributed by atoms with Crippen molar-refractivity contribution in [3.8, 4) is 16.9 Å². The highest BCUT2D eigenvalue weighted by atomic mass is 16.3. The van der Waals surface area contributed by atoms with Gasteiger partial charge in [0.1, 0.15) is 5.75 Å². The third-order valence-corrected chi connectivity index (χ3v) is 3.28. The molecule has 4 nitrogen and oxygen atoms in total. The second-order valence-corrected chi connectivity index (χ2v) is 4.98. The van der Waals surface area contributed by atoms with Crippen molar-refractivity contribution in [2.75, 3.05) is 0 Å². The summed E-state index contributed by atoms with van der Waals surface area (Å²) in [5.41, 5.74) is 5.29. The normalized spacial score (nSPS) is 10.6. The highest BCUT2D eigenvalue weighted by Gasteiger charge is 2.11. The summed E-state index contributed by atoms with van der Waals surface area (Å²) in [6.07, 6.45) is 0. The maximum absolute atomic E-state index is 11.6. The van der Waals surface area contributed by atoms with Crippen LogP contribution >= 0.6 is 0 Å². The molecule has 0 saturated heterocycles. The summed E-state index contributed by atoms with van der Waals surface area (Å²) in [6, 6.07) is 13.0. The van der Waals surface area contributed by atoms with Crippen LogP contribution < -0.4 is 11.3 Å². The van der Waals surface area contributed by atoms with Crippen LogP contribution in [-0.4, -0.2) is 11.0 Å². The molecule has 4 heteroatoms. The van der Waals surface area contributed by atoms with Gasteiger partial charge in [0.25, 0.3) is 5.91 Å². The number of amides is 1. The van der Waals surface area contributed by atoms with Gasteiger partial charge in [-0.3, -0.25) is 10.2 Å². The second kappa shape index (κ2) is 5.75. The van der Waals surface area contributed by atoms with E-state index in [0.717, 1.165) is 11.1 Å². The maximum atomic E-state index is 11.6. The first-order chi connectivity index (χ1) is 9.52. The summed E-state index contributed by atoms with van der Waals surface area (Å²) in [5.74, 6) is 4.98. The number of phenols is 1. The minimum absolute atomic E-state index is 0.0875. The van der Waals surface area contributed by atoms with Crippen molar-refractivity contribution in [1.82, 2.24) is 5.43 Å². The van der Waals surface area contributed by atoms with Gasteiger partial charge in [0.2, 0.25) is 0 Å². The Balaban J connectivity index is 2.40. The first-order valence-electron chi connectivity index (χ1n) is 6.47. The van der Waals surface area contributed by atoms with Gasteiger partial charge in [-0.15, -0.1) is 0 Å². The highest BCUT2D eigenvalue weighted by Crippen LogP contribution is 2.27. The highest BCUT2D eigenvalue weighted by molar-refractivity contribution is 5.97. The Morgan fingerprint density at radius 2 is 1.70 bits per heavy atom. The summed E-state index contributed by atoms with van der Waals surface area (Å²) in [6.45, 7) is 4.28. The van der Waals surface area contributed by atoms with E-state index in [1.54, 1.807) is 12.1 Å². The van der Waals surface area contributed by atoms with Crippen LogP contribution in [0.1, 0.15) is 35.7 Å². The standard InChI is InChI=1S/C16H18N2O2/c1-10(2)11-3-5-12(6-4-11)13-7-8-15(19)14(9-13)16(20)18-17/h3-10,19H,17H2,1-2H3,(H,18,20). The molecule has 2 aromatic carbocycles. The summed E-state index contributed by atoms with van der Waals surface area (Å²) in [4.78, 5) is 11.6. The Kier molecular flexibility index (Phi) is 4.05. The quantitative estimate of drug-likeness (QED) is 0.456. The largest absolute Gasteiger partial charge is 0.507 e. The molecule has 0 fully saturated rings. The zero-order chi connectivity index (χ0) is 14.7. The number of hydrogen-bond donors (Lipinski definition) is 3. The average Bonchev–Trinajstić information content (AvgIpc) is 2.47. The number of carbonyl (C=O) groups excluding carboxylic acids is 1. The monoisotopic (exact) mass is 270 g/mol. The topological polar surface area (TPSA) is 75.3 Å². The van der Waals surface area contributed by atoms with Gasteiger partial charge < -0.3 is 5.11 Å². The minimum Gasteiger partial charge on any atom is -0.507 e. The van der Waals surface area contributed by atoms with Crippen LogP contribution in [0.3, 0.4) is 0 Å². The lowest BCUT2D eigenvalue weighted by atomic mass is 9.97. The molecule has 20 heavy (non-hydrogen) atoms. The molecule has 0 heterocycles. The lowest BCUT2D eigenvalue weighted by Crippen LogP contribution is -2.30. The van der Waals surface area contributed by atoms with Gasteiger partial charge in [0.15, 0.2) is 0 Å². The number of aromatic hydroxyl groups is 1. The molecular formula is C16H18N2O2. The van der Waals surface area contributed by atoms with Crippen LogP contribution in [0.4, 0.5) is 0 Å².